The molecule has 1 fully saturated rings. The molecule has 1 aromatic heterocycles. The molecule has 0 aliphatic heterocycles. The number of nitrogens with zero attached hydrogens (tertiary/aromatic N) is 1. The minimum atomic E-state index is -0.433. The van der Waals surface area contributed by atoms with Crippen LogP contribution in [0.4, 0.5) is 4.79 Å². The van der Waals surface area contributed by atoms with Gasteiger partial charge in [0.15, 0.2) is 0 Å². The summed E-state index contributed by atoms with van der Waals surface area (Å²) in [5, 5.41) is 6.64. The van der Waals surface area contributed by atoms with Crippen LogP contribution < -0.4 is 10.6 Å². The third-order valence-electron chi connectivity index (χ3n) is 4.28. The fourth-order valence-corrected chi connectivity index (χ4v) is 3.08. The molecule has 1 saturated carbocycles. The van der Waals surface area contributed by atoms with Crippen molar-refractivity contribution in [2.75, 3.05) is 0 Å². The van der Waals surface area contributed by atoms with Gasteiger partial charge >= 0.3 is 6.09 Å². The van der Waals surface area contributed by atoms with Gasteiger partial charge in [0.05, 0.1) is 0 Å². The fourth-order valence-electron chi connectivity index (χ4n) is 3.08. The average Bonchev–Trinajstić information content (AvgIpc) is 2.92. The fraction of sp³-hybridized carbons (Fsp3) is 0.722. The van der Waals surface area contributed by atoms with Gasteiger partial charge in [0.1, 0.15) is 5.60 Å². The second-order valence-electron chi connectivity index (χ2n) is 7.36. The van der Waals surface area contributed by atoms with E-state index in [0.717, 1.165) is 38.8 Å². The van der Waals surface area contributed by atoms with Crippen LogP contribution in [-0.4, -0.2) is 28.3 Å². The molecule has 130 valence electrons. The van der Waals surface area contributed by atoms with Crippen LogP contribution in [0.5, 0.6) is 0 Å². The first kappa shape index (κ1) is 17.9. The van der Waals surface area contributed by atoms with Crippen LogP contribution >= 0.6 is 0 Å². The Kier molecular flexibility index (Phi) is 6.10. The number of hydrogen-bond donors (Lipinski definition) is 2. The summed E-state index contributed by atoms with van der Waals surface area (Å²) in [4.78, 5) is 11.8. The Bertz CT molecular complexity index is 497. The van der Waals surface area contributed by atoms with E-state index in [1.165, 1.54) is 5.69 Å². The average molecular weight is 321 g/mol. The molecule has 0 bridgehead atoms. The Labute approximate surface area is 139 Å². The zero-order chi connectivity index (χ0) is 16.9. The van der Waals surface area contributed by atoms with Crippen LogP contribution in [0.2, 0.25) is 0 Å². The normalized spacial score (nSPS) is 21.9. The van der Waals surface area contributed by atoms with E-state index < -0.39 is 5.60 Å². The maximum Gasteiger partial charge on any atom is 0.407 e. The number of hydrogen-bond acceptors (Lipinski definition) is 3. The Morgan fingerprint density at radius 3 is 2.52 bits per heavy atom. The number of nitrogens with one attached hydrogen (secondary N) is 2. The van der Waals surface area contributed by atoms with Crippen molar-refractivity contribution in [3.8, 4) is 0 Å². The third-order valence-corrected chi connectivity index (χ3v) is 4.28. The summed E-state index contributed by atoms with van der Waals surface area (Å²) in [6.07, 6.45) is 6.02. The first-order chi connectivity index (χ1) is 10.9. The molecular weight excluding hydrogens is 290 g/mol. The van der Waals surface area contributed by atoms with Gasteiger partial charge in [-0.3, -0.25) is 0 Å². The first-order valence-electron chi connectivity index (χ1n) is 8.74. The molecule has 0 saturated heterocycles. The zero-order valence-corrected chi connectivity index (χ0v) is 14.9. The van der Waals surface area contributed by atoms with Crippen molar-refractivity contribution >= 4 is 6.09 Å². The maximum atomic E-state index is 11.8. The van der Waals surface area contributed by atoms with Gasteiger partial charge in [-0.2, -0.15) is 0 Å². The summed E-state index contributed by atoms with van der Waals surface area (Å²) in [6, 6.07) is 5.04. The van der Waals surface area contributed by atoms with E-state index in [4.69, 9.17) is 4.74 Å². The van der Waals surface area contributed by atoms with Crippen molar-refractivity contribution in [1.82, 2.24) is 15.2 Å². The standard InChI is InChI=1S/C18H31N3O2/c1-5-21-12-6-7-16(21)13-19-14-8-10-15(11-9-14)20-17(22)23-18(2,3)4/h6-7,12,14-15,19H,5,8-11,13H2,1-4H3,(H,20,22). The largest absolute Gasteiger partial charge is 0.444 e. The molecule has 0 radical (unpaired) electrons. The molecule has 0 spiro atoms. The van der Waals surface area contributed by atoms with Crippen molar-refractivity contribution in [3.05, 3.63) is 24.0 Å². The number of aryl methyl sites for hydroxylation is 1. The molecule has 23 heavy (non-hydrogen) atoms. The molecule has 1 aliphatic rings. The van der Waals surface area contributed by atoms with E-state index in [1.54, 1.807) is 0 Å². The summed E-state index contributed by atoms with van der Waals surface area (Å²) in [6.45, 7) is 9.75. The highest BCUT2D eigenvalue weighted by molar-refractivity contribution is 5.68. The first-order valence-corrected chi connectivity index (χ1v) is 8.74. The van der Waals surface area contributed by atoms with Gasteiger partial charge in [-0.05, 0) is 65.5 Å². The van der Waals surface area contributed by atoms with E-state index in [-0.39, 0.29) is 12.1 Å². The summed E-state index contributed by atoms with van der Waals surface area (Å²) < 4.78 is 7.59. The number of amides is 1. The predicted molar refractivity (Wildman–Crippen MR) is 92.4 cm³/mol. The van der Waals surface area contributed by atoms with Gasteiger partial charge in [-0.25, -0.2) is 4.79 Å². The number of alkyl carbamates (subject to hydrolysis) is 1. The smallest absolute Gasteiger partial charge is 0.407 e. The number of ether oxygens (including phenoxy) is 1. The molecule has 5 heteroatoms. The number of rotatable bonds is 5. The van der Waals surface area contributed by atoms with Gasteiger partial charge in [-0.1, -0.05) is 0 Å². The molecule has 2 rings (SSSR count). The highest BCUT2D eigenvalue weighted by atomic mass is 16.6. The molecule has 1 heterocycles. The van der Waals surface area contributed by atoms with Crippen LogP contribution in [0.1, 0.15) is 59.1 Å². The SMILES string of the molecule is CCn1cccc1CNC1CCC(NC(=O)OC(C)(C)C)CC1. The second kappa shape index (κ2) is 7.86. The van der Waals surface area contributed by atoms with Crippen molar-refractivity contribution in [1.29, 1.82) is 0 Å². The monoisotopic (exact) mass is 321 g/mol. The molecule has 2 N–H and O–H groups in total. The third kappa shape index (κ3) is 5.90. The van der Waals surface area contributed by atoms with Crippen molar-refractivity contribution in [2.45, 2.75) is 84.2 Å². The lowest BCUT2D eigenvalue weighted by molar-refractivity contribution is 0.0489. The molecule has 5 nitrogen and oxygen atoms in total. The van der Waals surface area contributed by atoms with Crippen LogP contribution in [0, 0.1) is 0 Å². The molecule has 1 aliphatic carbocycles. The van der Waals surface area contributed by atoms with E-state index in [9.17, 15) is 4.79 Å². The summed E-state index contributed by atoms with van der Waals surface area (Å²) in [7, 11) is 0. The van der Waals surface area contributed by atoms with Crippen LogP contribution in [-0.2, 0) is 17.8 Å². The summed E-state index contributed by atoms with van der Waals surface area (Å²) in [5.41, 5.74) is 0.901. The topological polar surface area (TPSA) is 55.3 Å². The number of carbonyl (C=O) groups excluding carboxylic acids is 1. The maximum absolute atomic E-state index is 11.8. The van der Waals surface area contributed by atoms with Gasteiger partial charge in [0.25, 0.3) is 0 Å². The van der Waals surface area contributed by atoms with E-state index in [0.29, 0.717) is 6.04 Å². The van der Waals surface area contributed by atoms with Gasteiger partial charge in [-0.15, -0.1) is 0 Å². The van der Waals surface area contributed by atoms with Crippen LogP contribution in [0.15, 0.2) is 18.3 Å². The lowest BCUT2D eigenvalue weighted by Gasteiger charge is -2.30. The second-order valence-corrected chi connectivity index (χ2v) is 7.36. The Balaban J connectivity index is 1.69. The van der Waals surface area contributed by atoms with E-state index in [1.807, 2.05) is 20.8 Å². The molecule has 1 amide bonds. The highest BCUT2D eigenvalue weighted by Gasteiger charge is 2.24. The van der Waals surface area contributed by atoms with Gasteiger partial charge < -0.3 is 19.9 Å². The quantitative estimate of drug-likeness (QED) is 0.873. The Hall–Kier alpha value is -1.49. The van der Waals surface area contributed by atoms with Crippen LogP contribution in [0.3, 0.4) is 0 Å². The van der Waals surface area contributed by atoms with Crippen LogP contribution in [0.25, 0.3) is 0 Å². The Morgan fingerprint density at radius 2 is 1.91 bits per heavy atom. The minimum absolute atomic E-state index is 0.238. The summed E-state index contributed by atoms with van der Waals surface area (Å²) >= 11 is 0. The molecule has 0 unspecified atom stereocenters. The molecule has 0 atom stereocenters. The zero-order valence-electron chi connectivity index (χ0n) is 14.9. The molecule has 1 aromatic rings. The highest BCUT2D eigenvalue weighted by Crippen LogP contribution is 2.20. The van der Waals surface area contributed by atoms with Crippen molar-refractivity contribution in [3.63, 3.8) is 0 Å². The van der Waals surface area contributed by atoms with Crippen molar-refractivity contribution < 1.29 is 9.53 Å². The number of carbonyl (C=O) groups is 1. The lowest BCUT2D eigenvalue weighted by Crippen LogP contribution is -2.43. The molecular formula is C18H31N3O2. The van der Waals surface area contributed by atoms with Gasteiger partial charge in [0.2, 0.25) is 0 Å². The number of aromatic nitrogens is 1. The predicted octanol–water partition coefficient (Wildman–Crippen LogP) is 3.43. The minimum Gasteiger partial charge on any atom is -0.444 e. The lowest BCUT2D eigenvalue weighted by atomic mass is 9.91. The summed E-state index contributed by atoms with van der Waals surface area (Å²) in [5.74, 6) is 0. The van der Waals surface area contributed by atoms with E-state index in [2.05, 4.69) is 40.5 Å². The van der Waals surface area contributed by atoms with Gasteiger partial charge in [0, 0.05) is 37.1 Å². The van der Waals surface area contributed by atoms with E-state index >= 15 is 0 Å². The van der Waals surface area contributed by atoms with Crippen molar-refractivity contribution in [2.24, 2.45) is 0 Å². The Morgan fingerprint density at radius 1 is 1.26 bits per heavy atom. The molecule has 0 aromatic carbocycles.